The van der Waals surface area contributed by atoms with Gasteiger partial charge in [-0.3, -0.25) is 24.5 Å². The summed E-state index contributed by atoms with van der Waals surface area (Å²) in [5.74, 6) is -1.00. The maximum absolute atomic E-state index is 13.1. The van der Waals surface area contributed by atoms with E-state index in [1.807, 2.05) is 20.8 Å². The highest BCUT2D eigenvalue weighted by Gasteiger charge is 2.47. The largest absolute Gasteiger partial charge is 0.341 e. The Balaban J connectivity index is 1.73. The highest BCUT2D eigenvalue weighted by atomic mass is 16.2. The van der Waals surface area contributed by atoms with Crippen LogP contribution in [0.25, 0.3) is 0 Å². The minimum atomic E-state index is -0.679. The van der Waals surface area contributed by atoms with E-state index in [9.17, 15) is 19.2 Å². The lowest BCUT2D eigenvalue weighted by atomic mass is 9.90. The summed E-state index contributed by atoms with van der Waals surface area (Å²) in [4.78, 5) is 52.7. The molecule has 4 amide bonds. The highest BCUT2D eigenvalue weighted by molar-refractivity contribution is 6.07. The monoisotopic (exact) mass is 349 g/mol. The van der Waals surface area contributed by atoms with Gasteiger partial charge in [-0.25, -0.2) is 0 Å². The van der Waals surface area contributed by atoms with Gasteiger partial charge in [0.25, 0.3) is 0 Å². The number of hydrogen-bond acceptors (Lipinski definition) is 4. The Labute approximate surface area is 148 Å². The molecular weight excluding hydrogens is 322 g/mol. The molecule has 0 bridgehead atoms. The van der Waals surface area contributed by atoms with E-state index in [4.69, 9.17) is 0 Å². The number of rotatable bonds is 3. The summed E-state index contributed by atoms with van der Waals surface area (Å²) < 4.78 is 0. The Morgan fingerprint density at radius 3 is 2.36 bits per heavy atom. The predicted molar refractivity (Wildman–Crippen MR) is 90.2 cm³/mol. The molecule has 0 spiro atoms. The first kappa shape index (κ1) is 17.9. The molecule has 3 aliphatic rings. The second-order valence-corrected chi connectivity index (χ2v) is 8.45. The number of nitrogens with zero attached hydrogens (tertiary/aromatic N) is 2. The van der Waals surface area contributed by atoms with Crippen LogP contribution in [0.5, 0.6) is 0 Å². The molecule has 25 heavy (non-hydrogen) atoms. The molecule has 3 fully saturated rings. The number of carbonyl (C=O) groups is 4. The lowest BCUT2D eigenvalue weighted by Gasteiger charge is -2.38. The van der Waals surface area contributed by atoms with E-state index in [0.717, 1.165) is 25.7 Å². The van der Waals surface area contributed by atoms with Crippen LogP contribution >= 0.6 is 0 Å². The van der Waals surface area contributed by atoms with E-state index < -0.39 is 11.5 Å². The number of amides is 4. The van der Waals surface area contributed by atoms with E-state index in [2.05, 4.69) is 5.32 Å². The van der Waals surface area contributed by atoms with Gasteiger partial charge in [0.1, 0.15) is 6.04 Å². The number of nitrogens with one attached hydrogen (secondary N) is 1. The zero-order chi connectivity index (χ0) is 18.4. The molecule has 0 aromatic rings. The smallest absolute Gasteiger partial charge is 0.249 e. The van der Waals surface area contributed by atoms with E-state index in [1.165, 1.54) is 0 Å². The Morgan fingerprint density at radius 2 is 1.84 bits per heavy atom. The van der Waals surface area contributed by atoms with Crippen LogP contribution in [-0.2, 0) is 19.2 Å². The van der Waals surface area contributed by atoms with Crippen LogP contribution in [-0.4, -0.2) is 58.6 Å². The molecular formula is C18H27N3O4. The lowest BCUT2D eigenvalue weighted by Crippen LogP contribution is -2.53. The average molecular weight is 349 g/mol. The first-order valence-corrected chi connectivity index (χ1v) is 9.13. The van der Waals surface area contributed by atoms with Gasteiger partial charge in [0, 0.05) is 24.5 Å². The molecule has 138 valence electrons. The highest BCUT2D eigenvalue weighted by Crippen LogP contribution is 2.34. The molecule has 1 aliphatic carbocycles. The molecule has 0 radical (unpaired) electrons. The Bertz CT molecular complexity index is 606. The van der Waals surface area contributed by atoms with Crippen molar-refractivity contribution in [2.75, 3.05) is 13.1 Å². The van der Waals surface area contributed by atoms with Crippen molar-refractivity contribution in [1.29, 1.82) is 0 Å². The number of piperidine rings is 1. The second kappa shape index (κ2) is 6.42. The van der Waals surface area contributed by atoms with Crippen LogP contribution < -0.4 is 5.32 Å². The van der Waals surface area contributed by atoms with Crippen LogP contribution in [0.1, 0.15) is 52.9 Å². The maximum Gasteiger partial charge on any atom is 0.249 e. The third kappa shape index (κ3) is 3.70. The maximum atomic E-state index is 13.1. The van der Waals surface area contributed by atoms with Crippen LogP contribution in [0.2, 0.25) is 0 Å². The van der Waals surface area contributed by atoms with Gasteiger partial charge in [0.15, 0.2) is 0 Å². The lowest BCUT2D eigenvalue weighted by molar-refractivity contribution is -0.148. The van der Waals surface area contributed by atoms with Crippen molar-refractivity contribution in [1.82, 2.24) is 15.1 Å². The molecule has 0 aromatic heterocycles. The molecule has 3 rings (SSSR count). The zero-order valence-corrected chi connectivity index (χ0v) is 15.2. The zero-order valence-electron chi connectivity index (χ0n) is 15.2. The summed E-state index contributed by atoms with van der Waals surface area (Å²) in [6.45, 7) is 6.72. The summed E-state index contributed by atoms with van der Waals surface area (Å²) in [6, 6.07) is -0.621. The summed E-state index contributed by atoms with van der Waals surface area (Å²) in [7, 11) is 0. The van der Waals surface area contributed by atoms with Gasteiger partial charge < -0.3 is 9.80 Å². The van der Waals surface area contributed by atoms with E-state index >= 15 is 0 Å². The van der Waals surface area contributed by atoms with Crippen LogP contribution in [0.3, 0.4) is 0 Å². The molecule has 7 heteroatoms. The van der Waals surface area contributed by atoms with Crippen molar-refractivity contribution >= 4 is 23.6 Å². The van der Waals surface area contributed by atoms with Crippen molar-refractivity contribution in [3.8, 4) is 0 Å². The van der Waals surface area contributed by atoms with Crippen molar-refractivity contribution in [2.24, 2.45) is 11.3 Å². The van der Waals surface area contributed by atoms with Gasteiger partial charge in [0.2, 0.25) is 23.6 Å². The van der Waals surface area contributed by atoms with E-state index in [1.54, 1.807) is 9.80 Å². The average Bonchev–Trinajstić information content (AvgIpc) is 3.31. The number of imide groups is 1. The quantitative estimate of drug-likeness (QED) is 0.759. The molecule has 2 atom stereocenters. The summed E-state index contributed by atoms with van der Waals surface area (Å²) in [5.41, 5.74) is -0.473. The van der Waals surface area contributed by atoms with Crippen LogP contribution in [0, 0.1) is 11.3 Å². The first-order chi connectivity index (χ1) is 11.7. The fourth-order valence-corrected chi connectivity index (χ4v) is 3.75. The normalized spacial score (nSPS) is 27.2. The van der Waals surface area contributed by atoms with E-state index in [-0.39, 0.29) is 42.0 Å². The van der Waals surface area contributed by atoms with Gasteiger partial charge in [0.05, 0.1) is 12.3 Å². The molecule has 2 unspecified atom stereocenters. The van der Waals surface area contributed by atoms with Gasteiger partial charge in [-0.05, 0) is 25.7 Å². The van der Waals surface area contributed by atoms with Crippen molar-refractivity contribution in [3.63, 3.8) is 0 Å². The molecule has 2 heterocycles. The number of carbonyl (C=O) groups excluding carboxylic acids is 4. The minimum absolute atomic E-state index is 0.0526. The fraction of sp³-hybridized carbons (Fsp3) is 0.778. The Hall–Kier alpha value is -1.92. The molecule has 2 saturated heterocycles. The van der Waals surface area contributed by atoms with Crippen LogP contribution in [0.4, 0.5) is 0 Å². The predicted octanol–water partition coefficient (Wildman–Crippen LogP) is 0.677. The first-order valence-electron chi connectivity index (χ1n) is 9.13. The van der Waals surface area contributed by atoms with Crippen molar-refractivity contribution < 1.29 is 19.2 Å². The van der Waals surface area contributed by atoms with Gasteiger partial charge in [-0.1, -0.05) is 20.8 Å². The molecule has 2 aliphatic heterocycles. The number of likely N-dealkylation sites (tertiary alicyclic amines) is 1. The second-order valence-electron chi connectivity index (χ2n) is 8.45. The standard InChI is InChI=1S/C18H27N3O4/c1-18(2,3)17(25)20-8-4-5-11(10-20)16(24)21(12-6-7-12)13-9-14(22)19-15(13)23/h11-13H,4-10H2,1-3H3,(H,19,22,23). The molecule has 0 aromatic carbocycles. The van der Waals surface area contributed by atoms with E-state index in [0.29, 0.717) is 13.1 Å². The van der Waals surface area contributed by atoms with Gasteiger partial charge in [-0.2, -0.15) is 0 Å². The SMILES string of the molecule is CC(C)(C)C(=O)N1CCCC(C(=O)N(C2CC2)C2CC(=O)NC2=O)C1. The topological polar surface area (TPSA) is 86.8 Å². The molecule has 7 nitrogen and oxygen atoms in total. The third-order valence-corrected chi connectivity index (χ3v) is 5.17. The minimum Gasteiger partial charge on any atom is -0.341 e. The number of hydrogen-bond donors (Lipinski definition) is 1. The molecule has 1 N–H and O–H groups in total. The third-order valence-electron chi connectivity index (χ3n) is 5.17. The van der Waals surface area contributed by atoms with Gasteiger partial charge in [-0.15, -0.1) is 0 Å². The Morgan fingerprint density at radius 1 is 1.16 bits per heavy atom. The summed E-state index contributed by atoms with van der Waals surface area (Å²) >= 11 is 0. The van der Waals surface area contributed by atoms with Crippen molar-refractivity contribution in [3.05, 3.63) is 0 Å². The molecule has 1 saturated carbocycles. The summed E-state index contributed by atoms with van der Waals surface area (Å²) in [5, 5.41) is 2.30. The van der Waals surface area contributed by atoms with Crippen LogP contribution in [0.15, 0.2) is 0 Å². The van der Waals surface area contributed by atoms with Crippen molar-refractivity contribution in [2.45, 2.75) is 65.0 Å². The summed E-state index contributed by atoms with van der Waals surface area (Å²) in [6.07, 6.45) is 3.31. The van der Waals surface area contributed by atoms with Gasteiger partial charge >= 0.3 is 0 Å². The fourth-order valence-electron chi connectivity index (χ4n) is 3.75. The Kier molecular flexibility index (Phi) is 4.60.